The molecule has 0 saturated carbocycles. The molecule has 0 spiro atoms. The van der Waals surface area contributed by atoms with Crippen LogP contribution in [-0.4, -0.2) is 31.6 Å². The van der Waals surface area contributed by atoms with Crippen LogP contribution in [0.5, 0.6) is 5.75 Å². The number of aromatic nitrogens is 2. The fraction of sp³-hybridized carbons (Fsp3) is 0.409. The van der Waals surface area contributed by atoms with Crippen molar-refractivity contribution in [1.82, 2.24) is 9.55 Å². The second-order valence-corrected chi connectivity index (χ2v) is 9.28. The van der Waals surface area contributed by atoms with Gasteiger partial charge in [-0.15, -0.1) is 0 Å². The van der Waals surface area contributed by atoms with Gasteiger partial charge in [0.25, 0.3) is 0 Å². The maximum atomic E-state index is 11.8. The van der Waals surface area contributed by atoms with Gasteiger partial charge in [0.1, 0.15) is 11.6 Å². The topological polar surface area (TPSA) is 90.4 Å². The van der Waals surface area contributed by atoms with Gasteiger partial charge in [-0.2, -0.15) is 0 Å². The van der Waals surface area contributed by atoms with Gasteiger partial charge in [0.15, 0.2) is 0 Å². The number of para-hydroxylation sites is 1. The van der Waals surface area contributed by atoms with Crippen LogP contribution >= 0.6 is 0 Å². The van der Waals surface area contributed by atoms with Crippen LogP contribution < -0.4 is 14.8 Å². The van der Waals surface area contributed by atoms with Crippen LogP contribution in [0.3, 0.4) is 0 Å². The van der Waals surface area contributed by atoms with Crippen molar-refractivity contribution in [3.63, 3.8) is 0 Å². The highest BCUT2D eigenvalue weighted by molar-refractivity contribution is 7.89. The highest BCUT2D eigenvalue weighted by atomic mass is 32.2. The summed E-state index contributed by atoms with van der Waals surface area (Å²) in [4.78, 5) is 7.23. The third-order valence-corrected chi connectivity index (χ3v) is 6.60. The summed E-state index contributed by atoms with van der Waals surface area (Å²) < 4.78 is 31.4. The molecule has 2 N–H and O–H groups in total. The minimum absolute atomic E-state index is 0.0895. The highest BCUT2D eigenvalue weighted by Crippen LogP contribution is 2.37. The van der Waals surface area contributed by atoms with Crippen molar-refractivity contribution in [2.24, 2.45) is 5.14 Å². The summed E-state index contributed by atoms with van der Waals surface area (Å²) in [7, 11) is -2.07. The van der Waals surface area contributed by atoms with Gasteiger partial charge in [-0.1, -0.05) is 25.5 Å². The number of methoxy groups -OCH3 is 1. The van der Waals surface area contributed by atoms with Crippen molar-refractivity contribution < 1.29 is 13.2 Å². The van der Waals surface area contributed by atoms with Gasteiger partial charge in [0, 0.05) is 13.1 Å². The van der Waals surface area contributed by atoms with Gasteiger partial charge in [-0.05, 0) is 49.1 Å². The summed E-state index contributed by atoms with van der Waals surface area (Å²) in [5.74, 6) is 1.80. The molecule has 3 aromatic rings. The monoisotopic (exact) mass is 428 g/mol. The molecular weight excluding hydrogens is 400 g/mol. The first kappa shape index (κ1) is 20.7. The Morgan fingerprint density at radius 1 is 1.23 bits per heavy atom. The van der Waals surface area contributed by atoms with E-state index in [-0.39, 0.29) is 4.90 Å². The summed E-state index contributed by atoms with van der Waals surface area (Å²) in [6, 6.07) is 11.1. The zero-order valence-corrected chi connectivity index (χ0v) is 18.3. The second kappa shape index (κ2) is 8.28. The van der Waals surface area contributed by atoms with Crippen LogP contribution in [-0.2, 0) is 29.5 Å². The van der Waals surface area contributed by atoms with E-state index in [4.69, 9.17) is 14.9 Å². The van der Waals surface area contributed by atoms with Gasteiger partial charge in [-0.3, -0.25) is 0 Å². The highest BCUT2D eigenvalue weighted by Gasteiger charge is 2.23. The predicted octanol–water partition coefficient (Wildman–Crippen LogP) is 3.45. The fourth-order valence-electron chi connectivity index (χ4n) is 4.22. The summed E-state index contributed by atoms with van der Waals surface area (Å²) in [5, 5.41) is 5.32. The van der Waals surface area contributed by atoms with E-state index in [1.165, 1.54) is 5.56 Å². The Hall–Kier alpha value is -2.58. The molecule has 0 saturated heterocycles. The first-order valence-electron chi connectivity index (χ1n) is 10.3. The summed E-state index contributed by atoms with van der Waals surface area (Å²) in [5.41, 5.74) is 4.01. The number of primary sulfonamides is 1. The second-order valence-electron chi connectivity index (χ2n) is 7.72. The van der Waals surface area contributed by atoms with Crippen molar-refractivity contribution in [2.45, 2.75) is 50.6 Å². The first-order valence-corrected chi connectivity index (χ1v) is 11.9. The average Bonchev–Trinajstić information content (AvgIpc) is 3.07. The Morgan fingerprint density at radius 3 is 2.80 bits per heavy atom. The van der Waals surface area contributed by atoms with Gasteiger partial charge in [-0.25, -0.2) is 18.5 Å². The summed E-state index contributed by atoms with van der Waals surface area (Å²) in [6.07, 6.45) is 4.20. The standard InChI is InChI=1S/C22H28N4O3S/c1-3-4-13-26-19-11-10-17(30(23,27)28)14-18(19)24-21(26)15-25-12-6-8-16-7-5-9-20(29-2)22(16)25/h5,7,9-11,14H,3-4,6,8,12-13,15H2,1-2H3,(H2,23,27,28). The Bertz CT molecular complexity index is 1160. The number of unbranched alkanes of at least 4 members (excludes halogenated alkanes) is 1. The lowest BCUT2D eigenvalue weighted by Crippen LogP contribution is -2.30. The average molecular weight is 429 g/mol. The van der Waals surface area contributed by atoms with Gasteiger partial charge < -0.3 is 14.2 Å². The number of ether oxygens (including phenoxy) is 1. The number of fused-ring (bicyclic) bond motifs is 2. The first-order chi connectivity index (χ1) is 14.4. The lowest BCUT2D eigenvalue weighted by molar-refractivity contribution is 0.412. The molecule has 0 fully saturated rings. The Kier molecular flexibility index (Phi) is 5.71. The number of sulfonamides is 1. The molecule has 0 unspecified atom stereocenters. The van der Waals surface area contributed by atoms with Crippen molar-refractivity contribution in [2.75, 3.05) is 18.6 Å². The predicted molar refractivity (Wildman–Crippen MR) is 118 cm³/mol. The molecule has 1 aliphatic heterocycles. The molecule has 1 aromatic heterocycles. The smallest absolute Gasteiger partial charge is 0.238 e. The molecule has 4 rings (SSSR count). The summed E-state index contributed by atoms with van der Waals surface area (Å²) >= 11 is 0. The quantitative estimate of drug-likeness (QED) is 0.622. The van der Waals surface area contributed by atoms with Crippen molar-refractivity contribution in [3.8, 4) is 5.75 Å². The van der Waals surface area contributed by atoms with Crippen LogP contribution in [0.15, 0.2) is 41.3 Å². The molecule has 0 bridgehead atoms. The normalized spacial score (nSPS) is 14.2. The number of hydrogen-bond donors (Lipinski definition) is 1. The van der Waals surface area contributed by atoms with Crippen LogP contribution in [0.2, 0.25) is 0 Å². The van der Waals surface area contributed by atoms with Crippen molar-refractivity contribution in [1.29, 1.82) is 0 Å². The van der Waals surface area contributed by atoms with Crippen LogP contribution in [0.25, 0.3) is 11.0 Å². The Morgan fingerprint density at radius 2 is 2.07 bits per heavy atom. The molecule has 2 aromatic carbocycles. The van der Waals surface area contributed by atoms with E-state index in [1.54, 1.807) is 19.2 Å². The molecule has 30 heavy (non-hydrogen) atoms. The number of aryl methyl sites for hydroxylation is 2. The third-order valence-electron chi connectivity index (χ3n) is 5.69. The van der Waals surface area contributed by atoms with Gasteiger partial charge in [0.05, 0.1) is 35.3 Å². The minimum Gasteiger partial charge on any atom is -0.495 e. The molecule has 0 aliphatic carbocycles. The van der Waals surface area contributed by atoms with Crippen molar-refractivity contribution >= 4 is 26.7 Å². The largest absolute Gasteiger partial charge is 0.495 e. The van der Waals surface area contributed by atoms with Gasteiger partial charge >= 0.3 is 0 Å². The molecule has 7 nitrogen and oxygen atoms in total. The Balaban J connectivity index is 1.77. The van der Waals surface area contributed by atoms with Crippen LogP contribution in [0.4, 0.5) is 5.69 Å². The van der Waals surface area contributed by atoms with E-state index in [0.717, 1.165) is 61.6 Å². The molecule has 2 heterocycles. The number of imidazole rings is 1. The molecule has 0 amide bonds. The van der Waals surface area contributed by atoms with E-state index >= 15 is 0 Å². The SMILES string of the molecule is CCCCn1c(CN2CCCc3cccc(OC)c32)nc2cc(S(N)(=O)=O)ccc21. The number of hydrogen-bond acceptors (Lipinski definition) is 5. The van der Waals surface area contributed by atoms with E-state index < -0.39 is 10.0 Å². The molecule has 0 atom stereocenters. The number of benzene rings is 2. The molecule has 160 valence electrons. The minimum atomic E-state index is -3.77. The molecule has 1 aliphatic rings. The lowest BCUT2D eigenvalue weighted by Gasteiger charge is -2.32. The van der Waals surface area contributed by atoms with E-state index in [9.17, 15) is 8.42 Å². The molecular formula is C22H28N4O3S. The van der Waals surface area contributed by atoms with Crippen LogP contribution in [0, 0.1) is 0 Å². The van der Waals surface area contributed by atoms with Gasteiger partial charge in [0.2, 0.25) is 10.0 Å². The number of nitrogens with zero attached hydrogens (tertiary/aromatic N) is 3. The number of nitrogens with two attached hydrogens (primary N) is 1. The molecule has 8 heteroatoms. The zero-order valence-electron chi connectivity index (χ0n) is 17.5. The molecule has 0 radical (unpaired) electrons. The maximum Gasteiger partial charge on any atom is 0.238 e. The van der Waals surface area contributed by atoms with E-state index in [1.807, 2.05) is 18.2 Å². The van der Waals surface area contributed by atoms with Crippen molar-refractivity contribution in [3.05, 3.63) is 47.8 Å². The number of anilines is 1. The Labute approximate surface area is 177 Å². The summed E-state index contributed by atoms with van der Waals surface area (Å²) in [6.45, 7) is 4.55. The van der Waals surface area contributed by atoms with Crippen LogP contribution in [0.1, 0.15) is 37.6 Å². The van der Waals surface area contributed by atoms with E-state index in [2.05, 4.69) is 22.5 Å². The maximum absolute atomic E-state index is 11.8. The lowest BCUT2D eigenvalue weighted by atomic mass is 10.0. The fourth-order valence-corrected chi connectivity index (χ4v) is 4.75. The van der Waals surface area contributed by atoms with E-state index in [0.29, 0.717) is 12.1 Å². The number of rotatable bonds is 7. The zero-order chi connectivity index (χ0) is 21.3. The third kappa shape index (κ3) is 3.89.